The maximum Gasteiger partial charge on any atom is 0.128 e. The number of rotatable bonds is 3. The van der Waals surface area contributed by atoms with Gasteiger partial charge >= 0.3 is 0 Å². The molecule has 1 aliphatic rings. The van der Waals surface area contributed by atoms with Gasteiger partial charge in [-0.05, 0) is 71.1 Å². The summed E-state index contributed by atoms with van der Waals surface area (Å²) in [5.41, 5.74) is 8.62. The Kier molecular flexibility index (Phi) is 4.45. The standard InChI is InChI=1S/C28H23ClO/c1-18-8-11-20(12-9-18)30-21-13-15-27(29)23(17-21)19-10-14-26-24(16-19)22-6-4-5-7-25(22)28(26,2)3/h4-17H,1-3H3. The van der Waals surface area contributed by atoms with E-state index in [1.54, 1.807) is 0 Å². The molecule has 4 aromatic rings. The zero-order chi connectivity index (χ0) is 20.9. The second-order valence-corrected chi connectivity index (χ2v) is 8.89. The molecule has 0 aliphatic heterocycles. The number of fused-ring (bicyclic) bond motifs is 3. The maximum absolute atomic E-state index is 6.61. The Labute approximate surface area is 182 Å². The van der Waals surface area contributed by atoms with Crippen molar-refractivity contribution in [1.82, 2.24) is 0 Å². The van der Waals surface area contributed by atoms with Crippen LogP contribution in [0.25, 0.3) is 22.3 Å². The highest BCUT2D eigenvalue weighted by Gasteiger charge is 2.35. The third kappa shape index (κ3) is 3.11. The highest BCUT2D eigenvalue weighted by Crippen LogP contribution is 2.49. The Bertz CT molecular complexity index is 1250. The highest BCUT2D eigenvalue weighted by atomic mass is 35.5. The van der Waals surface area contributed by atoms with E-state index in [2.05, 4.69) is 63.2 Å². The summed E-state index contributed by atoms with van der Waals surface area (Å²) < 4.78 is 6.07. The molecular formula is C28H23ClO. The monoisotopic (exact) mass is 410 g/mol. The van der Waals surface area contributed by atoms with Crippen LogP contribution >= 0.6 is 11.6 Å². The first-order valence-electron chi connectivity index (χ1n) is 10.2. The largest absolute Gasteiger partial charge is 0.457 e. The molecule has 0 fully saturated rings. The van der Waals surface area contributed by atoms with E-state index in [1.165, 1.54) is 27.8 Å². The summed E-state index contributed by atoms with van der Waals surface area (Å²) in [7, 11) is 0. The van der Waals surface area contributed by atoms with Crippen molar-refractivity contribution in [2.75, 3.05) is 0 Å². The van der Waals surface area contributed by atoms with Crippen molar-refractivity contribution in [3.63, 3.8) is 0 Å². The van der Waals surface area contributed by atoms with Gasteiger partial charge in [0, 0.05) is 16.0 Å². The molecule has 0 unspecified atom stereocenters. The average molecular weight is 411 g/mol. The fourth-order valence-corrected chi connectivity index (χ4v) is 4.65. The van der Waals surface area contributed by atoms with Gasteiger partial charge in [-0.3, -0.25) is 0 Å². The molecule has 1 nitrogen and oxygen atoms in total. The van der Waals surface area contributed by atoms with Crippen LogP contribution in [0.5, 0.6) is 11.5 Å². The molecule has 0 saturated heterocycles. The summed E-state index contributed by atoms with van der Waals surface area (Å²) in [6.45, 7) is 6.65. The van der Waals surface area contributed by atoms with Crippen LogP contribution in [0.2, 0.25) is 5.02 Å². The highest BCUT2D eigenvalue weighted by molar-refractivity contribution is 6.33. The Hall–Kier alpha value is -3.03. The van der Waals surface area contributed by atoms with Crippen LogP contribution in [0.3, 0.4) is 0 Å². The minimum atomic E-state index is 0.00461. The third-order valence-electron chi connectivity index (χ3n) is 6.09. The van der Waals surface area contributed by atoms with Gasteiger partial charge in [-0.25, -0.2) is 0 Å². The number of hydrogen-bond acceptors (Lipinski definition) is 1. The SMILES string of the molecule is Cc1ccc(Oc2ccc(Cl)c(-c3ccc4c(c3)-c3ccccc3C4(C)C)c2)cc1. The van der Waals surface area contributed by atoms with Crippen molar-refractivity contribution in [3.05, 3.63) is 107 Å². The van der Waals surface area contributed by atoms with E-state index in [-0.39, 0.29) is 5.41 Å². The Morgan fingerprint density at radius 3 is 2.17 bits per heavy atom. The zero-order valence-corrected chi connectivity index (χ0v) is 18.1. The first-order valence-corrected chi connectivity index (χ1v) is 10.6. The van der Waals surface area contributed by atoms with Gasteiger partial charge in [0.25, 0.3) is 0 Å². The van der Waals surface area contributed by atoms with Crippen LogP contribution in [0, 0.1) is 6.92 Å². The average Bonchev–Trinajstić information content (AvgIpc) is 2.98. The number of halogens is 1. The van der Waals surface area contributed by atoms with E-state index in [9.17, 15) is 0 Å². The van der Waals surface area contributed by atoms with E-state index in [4.69, 9.17) is 16.3 Å². The van der Waals surface area contributed by atoms with Gasteiger partial charge in [0.1, 0.15) is 11.5 Å². The fourth-order valence-electron chi connectivity index (χ4n) is 4.42. The summed E-state index contributed by atoms with van der Waals surface area (Å²) in [5.74, 6) is 1.60. The van der Waals surface area contributed by atoms with E-state index < -0.39 is 0 Å². The summed E-state index contributed by atoms with van der Waals surface area (Å²) >= 11 is 6.61. The number of ether oxygens (including phenoxy) is 1. The third-order valence-corrected chi connectivity index (χ3v) is 6.42. The normalized spacial score (nSPS) is 13.6. The molecule has 0 atom stereocenters. The van der Waals surface area contributed by atoms with Gasteiger partial charge in [-0.1, -0.05) is 79.5 Å². The number of hydrogen-bond donors (Lipinski definition) is 0. The minimum Gasteiger partial charge on any atom is -0.457 e. The summed E-state index contributed by atoms with van der Waals surface area (Å²) in [4.78, 5) is 0. The van der Waals surface area contributed by atoms with E-state index >= 15 is 0 Å². The van der Waals surface area contributed by atoms with Gasteiger partial charge in [0.2, 0.25) is 0 Å². The van der Waals surface area contributed by atoms with Crippen molar-refractivity contribution in [2.45, 2.75) is 26.2 Å². The Morgan fingerprint density at radius 1 is 0.667 bits per heavy atom. The van der Waals surface area contributed by atoms with Crippen molar-refractivity contribution in [2.24, 2.45) is 0 Å². The summed E-state index contributed by atoms with van der Waals surface area (Å²) in [6, 6.07) is 29.3. The molecule has 30 heavy (non-hydrogen) atoms. The van der Waals surface area contributed by atoms with E-state index in [0.717, 1.165) is 27.6 Å². The lowest BCUT2D eigenvalue weighted by molar-refractivity contribution is 0.483. The van der Waals surface area contributed by atoms with Gasteiger partial charge in [0.05, 0.1) is 0 Å². The summed E-state index contributed by atoms with van der Waals surface area (Å²) in [5, 5.41) is 0.719. The van der Waals surface area contributed by atoms with Crippen molar-refractivity contribution < 1.29 is 4.74 Å². The Balaban J connectivity index is 1.57. The quantitative estimate of drug-likeness (QED) is 0.329. The van der Waals surface area contributed by atoms with E-state index in [1.807, 2.05) is 42.5 Å². The molecule has 0 saturated carbocycles. The van der Waals surface area contributed by atoms with Crippen LogP contribution in [0.1, 0.15) is 30.5 Å². The summed E-state index contributed by atoms with van der Waals surface area (Å²) in [6.07, 6.45) is 0. The van der Waals surface area contributed by atoms with Crippen molar-refractivity contribution in [3.8, 4) is 33.8 Å². The second kappa shape index (κ2) is 7.04. The predicted molar refractivity (Wildman–Crippen MR) is 126 cm³/mol. The lowest BCUT2D eigenvalue weighted by atomic mass is 9.82. The molecule has 0 bridgehead atoms. The van der Waals surface area contributed by atoms with Gasteiger partial charge < -0.3 is 4.74 Å². The lowest BCUT2D eigenvalue weighted by Crippen LogP contribution is -2.14. The molecule has 5 rings (SSSR count). The first kappa shape index (κ1) is 19.0. The van der Waals surface area contributed by atoms with Crippen molar-refractivity contribution in [1.29, 1.82) is 0 Å². The fraction of sp³-hybridized carbons (Fsp3) is 0.143. The molecule has 0 amide bonds. The smallest absolute Gasteiger partial charge is 0.128 e. The van der Waals surface area contributed by atoms with Crippen LogP contribution in [0.15, 0.2) is 84.9 Å². The topological polar surface area (TPSA) is 9.23 Å². The molecule has 0 radical (unpaired) electrons. The lowest BCUT2D eigenvalue weighted by Gasteiger charge is -2.21. The number of benzene rings is 4. The van der Waals surface area contributed by atoms with Crippen LogP contribution in [-0.2, 0) is 5.41 Å². The molecular weight excluding hydrogens is 388 g/mol. The van der Waals surface area contributed by atoms with Gasteiger partial charge in [-0.15, -0.1) is 0 Å². The Morgan fingerprint density at radius 2 is 1.37 bits per heavy atom. The van der Waals surface area contributed by atoms with E-state index in [0.29, 0.717) is 0 Å². The predicted octanol–water partition coefficient (Wildman–Crippen LogP) is 8.41. The molecule has 0 heterocycles. The zero-order valence-electron chi connectivity index (χ0n) is 17.4. The maximum atomic E-state index is 6.61. The van der Waals surface area contributed by atoms with Crippen LogP contribution in [0.4, 0.5) is 0 Å². The van der Waals surface area contributed by atoms with Gasteiger partial charge in [0.15, 0.2) is 0 Å². The van der Waals surface area contributed by atoms with Crippen molar-refractivity contribution >= 4 is 11.6 Å². The minimum absolute atomic E-state index is 0.00461. The molecule has 1 aliphatic carbocycles. The molecule has 2 heteroatoms. The molecule has 0 aromatic heterocycles. The molecule has 148 valence electrons. The number of aryl methyl sites for hydroxylation is 1. The first-order chi connectivity index (χ1) is 14.4. The van der Waals surface area contributed by atoms with Crippen LogP contribution < -0.4 is 4.74 Å². The second-order valence-electron chi connectivity index (χ2n) is 8.49. The van der Waals surface area contributed by atoms with Crippen LogP contribution in [-0.4, -0.2) is 0 Å². The van der Waals surface area contributed by atoms with Gasteiger partial charge in [-0.2, -0.15) is 0 Å². The molecule has 4 aromatic carbocycles. The molecule has 0 spiro atoms. The molecule has 0 N–H and O–H groups in total.